The van der Waals surface area contributed by atoms with Gasteiger partial charge in [0, 0.05) is 17.3 Å². The van der Waals surface area contributed by atoms with Gasteiger partial charge in [-0.15, -0.1) is 0 Å². The van der Waals surface area contributed by atoms with E-state index in [0.717, 1.165) is 11.6 Å². The number of hydrogen-bond acceptors (Lipinski definition) is 6. The summed E-state index contributed by atoms with van der Waals surface area (Å²) < 4.78 is 10.1. The van der Waals surface area contributed by atoms with Gasteiger partial charge in [0.05, 0.1) is 18.5 Å². The molecule has 8 nitrogen and oxygen atoms in total. The number of esters is 1. The van der Waals surface area contributed by atoms with Crippen LogP contribution in [0.15, 0.2) is 36.4 Å². The van der Waals surface area contributed by atoms with E-state index in [9.17, 15) is 19.7 Å². The number of nitrogens with zero attached hydrogens (tertiary/aromatic N) is 1. The molecule has 0 bridgehead atoms. The molecule has 27 heavy (non-hydrogen) atoms. The first kappa shape index (κ1) is 20.2. The number of hydrogen-bond donors (Lipinski definition) is 1. The van der Waals surface area contributed by atoms with Crippen LogP contribution in [-0.4, -0.2) is 30.5 Å². The summed E-state index contributed by atoms with van der Waals surface area (Å²) in [6.45, 7) is 1.36. The average molecular weight is 393 g/mol. The Morgan fingerprint density at radius 1 is 1.22 bits per heavy atom. The Labute approximate surface area is 160 Å². The maximum atomic E-state index is 12.0. The van der Waals surface area contributed by atoms with E-state index in [4.69, 9.17) is 21.1 Å². The van der Waals surface area contributed by atoms with E-state index >= 15 is 0 Å². The number of methoxy groups -OCH3 is 1. The summed E-state index contributed by atoms with van der Waals surface area (Å²) in [5.74, 6) is -0.678. The highest BCUT2D eigenvalue weighted by Crippen LogP contribution is 2.27. The first-order chi connectivity index (χ1) is 12.8. The number of halogens is 1. The number of ether oxygens (including phenoxy) is 2. The molecule has 2 aromatic rings. The molecule has 1 amide bonds. The second-order valence-corrected chi connectivity index (χ2v) is 6.03. The summed E-state index contributed by atoms with van der Waals surface area (Å²) in [4.78, 5) is 34.1. The van der Waals surface area contributed by atoms with Crippen LogP contribution >= 0.6 is 11.6 Å². The van der Waals surface area contributed by atoms with Crippen LogP contribution in [0.4, 0.5) is 11.4 Å². The maximum Gasteiger partial charge on any atom is 0.310 e. The number of aryl methyl sites for hydroxylation is 1. The van der Waals surface area contributed by atoms with Gasteiger partial charge in [0.25, 0.3) is 11.6 Å². The third-order valence-electron chi connectivity index (χ3n) is 3.56. The van der Waals surface area contributed by atoms with Crippen LogP contribution in [0.2, 0.25) is 5.02 Å². The van der Waals surface area contributed by atoms with Crippen LogP contribution in [0.5, 0.6) is 5.75 Å². The highest BCUT2D eigenvalue weighted by molar-refractivity contribution is 6.32. The number of nitrogens with one attached hydrogen (secondary N) is 1. The lowest BCUT2D eigenvalue weighted by molar-refractivity contribution is -0.384. The van der Waals surface area contributed by atoms with Crippen molar-refractivity contribution in [3.63, 3.8) is 0 Å². The number of nitro benzene ring substituents is 1. The Balaban J connectivity index is 1.92. The summed E-state index contributed by atoms with van der Waals surface area (Å²) in [6.07, 6.45) is -0.0510. The number of benzene rings is 2. The van der Waals surface area contributed by atoms with Crippen molar-refractivity contribution in [3.8, 4) is 5.75 Å². The van der Waals surface area contributed by atoms with E-state index < -0.39 is 23.4 Å². The molecule has 1 N–H and O–H groups in total. The SMILES string of the molecule is COc1ccc(C)cc1CC(=O)OCC(=O)Nc1ccc(Cl)c([N+](=O)[O-])c1. The Morgan fingerprint density at radius 2 is 1.96 bits per heavy atom. The molecule has 9 heteroatoms. The molecule has 0 heterocycles. The topological polar surface area (TPSA) is 108 Å². The number of amides is 1. The summed E-state index contributed by atoms with van der Waals surface area (Å²) in [7, 11) is 1.50. The number of carbonyl (C=O) groups is 2. The average Bonchev–Trinajstić information content (AvgIpc) is 2.61. The quantitative estimate of drug-likeness (QED) is 0.440. The van der Waals surface area contributed by atoms with Gasteiger partial charge >= 0.3 is 5.97 Å². The van der Waals surface area contributed by atoms with Crippen molar-refractivity contribution in [1.82, 2.24) is 0 Å². The molecule has 0 saturated carbocycles. The molecular formula is C18H17ClN2O6. The second kappa shape index (κ2) is 9.00. The minimum absolute atomic E-state index is 0.0449. The van der Waals surface area contributed by atoms with Gasteiger partial charge in [-0.05, 0) is 25.1 Å². The van der Waals surface area contributed by atoms with Crippen LogP contribution in [0.1, 0.15) is 11.1 Å². The van der Waals surface area contributed by atoms with Gasteiger partial charge in [0.1, 0.15) is 10.8 Å². The zero-order valence-corrected chi connectivity index (χ0v) is 15.4. The minimum Gasteiger partial charge on any atom is -0.496 e. The molecular weight excluding hydrogens is 376 g/mol. The van der Waals surface area contributed by atoms with Gasteiger partial charge in [-0.2, -0.15) is 0 Å². The summed E-state index contributed by atoms with van der Waals surface area (Å²) in [5, 5.41) is 13.2. The van der Waals surface area contributed by atoms with Gasteiger partial charge in [-0.1, -0.05) is 29.3 Å². The lowest BCUT2D eigenvalue weighted by Gasteiger charge is -2.10. The van der Waals surface area contributed by atoms with Gasteiger partial charge in [-0.3, -0.25) is 19.7 Å². The van der Waals surface area contributed by atoms with Crippen molar-refractivity contribution in [1.29, 1.82) is 0 Å². The van der Waals surface area contributed by atoms with Crippen molar-refractivity contribution < 1.29 is 24.0 Å². The predicted molar refractivity (Wildman–Crippen MR) is 99.1 cm³/mol. The van der Waals surface area contributed by atoms with Crippen molar-refractivity contribution in [2.24, 2.45) is 0 Å². The van der Waals surface area contributed by atoms with E-state index in [-0.39, 0.29) is 22.8 Å². The normalized spacial score (nSPS) is 10.2. The molecule has 0 fully saturated rings. The molecule has 0 aromatic heterocycles. The van der Waals surface area contributed by atoms with Crippen LogP contribution in [0.3, 0.4) is 0 Å². The second-order valence-electron chi connectivity index (χ2n) is 5.62. The van der Waals surface area contributed by atoms with E-state index in [1.165, 1.54) is 19.2 Å². The van der Waals surface area contributed by atoms with Crippen molar-refractivity contribution in [2.75, 3.05) is 19.0 Å². The Morgan fingerprint density at radius 3 is 2.63 bits per heavy atom. The Bertz CT molecular complexity index is 884. The Hall–Kier alpha value is -3.13. The molecule has 0 unspecified atom stereocenters. The number of rotatable bonds is 7. The van der Waals surface area contributed by atoms with Gasteiger partial charge in [-0.25, -0.2) is 0 Å². The first-order valence-corrected chi connectivity index (χ1v) is 8.21. The molecule has 2 rings (SSSR count). The molecule has 142 valence electrons. The molecule has 0 aliphatic heterocycles. The largest absolute Gasteiger partial charge is 0.496 e. The number of nitro groups is 1. The van der Waals surface area contributed by atoms with Gasteiger partial charge < -0.3 is 14.8 Å². The van der Waals surface area contributed by atoms with Crippen molar-refractivity contribution in [3.05, 3.63) is 62.7 Å². The number of anilines is 1. The third kappa shape index (κ3) is 5.68. The standard InChI is InChI=1S/C18H17ClN2O6/c1-11-3-6-16(26-2)12(7-11)8-18(23)27-10-17(22)20-13-4-5-14(19)15(9-13)21(24)25/h3-7,9H,8,10H2,1-2H3,(H,20,22). The maximum absolute atomic E-state index is 12.0. The molecule has 0 aliphatic carbocycles. The first-order valence-electron chi connectivity index (χ1n) is 7.83. The van der Waals surface area contributed by atoms with Crippen molar-refractivity contribution in [2.45, 2.75) is 13.3 Å². The van der Waals surface area contributed by atoms with Crippen LogP contribution in [-0.2, 0) is 20.7 Å². The zero-order valence-electron chi connectivity index (χ0n) is 14.7. The summed E-state index contributed by atoms with van der Waals surface area (Å²) in [6, 6.07) is 9.23. The molecule has 0 atom stereocenters. The fraction of sp³-hybridized carbons (Fsp3) is 0.222. The minimum atomic E-state index is -0.659. The van der Waals surface area contributed by atoms with Crippen molar-refractivity contribution >= 4 is 34.9 Å². The van der Waals surface area contributed by atoms with Crippen LogP contribution < -0.4 is 10.1 Å². The fourth-order valence-electron chi connectivity index (χ4n) is 2.33. The summed E-state index contributed by atoms with van der Waals surface area (Å²) >= 11 is 5.71. The summed E-state index contributed by atoms with van der Waals surface area (Å²) in [5.41, 5.74) is 1.45. The zero-order chi connectivity index (χ0) is 20.0. The smallest absolute Gasteiger partial charge is 0.310 e. The Kier molecular flexibility index (Phi) is 6.73. The van der Waals surface area contributed by atoms with Crippen LogP contribution in [0, 0.1) is 17.0 Å². The van der Waals surface area contributed by atoms with Gasteiger partial charge in [0.15, 0.2) is 6.61 Å². The monoisotopic (exact) mass is 392 g/mol. The predicted octanol–water partition coefficient (Wildman–Crippen LogP) is 3.29. The van der Waals surface area contributed by atoms with E-state index in [0.29, 0.717) is 11.3 Å². The van der Waals surface area contributed by atoms with Crippen LogP contribution in [0.25, 0.3) is 0 Å². The van der Waals surface area contributed by atoms with E-state index in [1.807, 2.05) is 13.0 Å². The molecule has 0 spiro atoms. The van der Waals surface area contributed by atoms with E-state index in [2.05, 4.69) is 5.32 Å². The van der Waals surface area contributed by atoms with E-state index in [1.54, 1.807) is 12.1 Å². The lowest BCUT2D eigenvalue weighted by atomic mass is 10.1. The van der Waals surface area contributed by atoms with Gasteiger partial charge in [0.2, 0.25) is 0 Å². The fourth-order valence-corrected chi connectivity index (χ4v) is 2.51. The highest BCUT2D eigenvalue weighted by Gasteiger charge is 2.15. The molecule has 0 saturated heterocycles. The molecule has 0 aliphatic rings. The molecule has 2 aromatic carbocycles. The lowest BCUT2D eigenvalue weighted by Crippen LogP contribution is -2.21. The number of carbonyl (C=O) groups excluding carboxylic acids is 2. The highest BCUT2D eigenvalue weighted by atomic mass is 35.5. The third-order valence-corrected chi connectivity index (χ3v) is 3.88. The molecule has 0 radical (unpaired) electrons.